The number of anilines is 1. The van der Waals surface area contributed by atoms with Crippen molar-refractivity contribution >= 4 is 11.7 Å². The van der Waals surface area contributed by atoms with Crippen LogP contribution in [-0.4, -0.2) is 45.0 Å². The van der Waals surface area contributed by atoms with Gasteiger partial charge in [0.15, 0.2) is 0 Å². The molecule has 0 fully saturated rings. The van der Waals surface area contributed by atoms with Crippen molar-refractivity contribution in [2.24, 2.45) is 0 Å². The van der Waals surface area contributed by atoms with E-state index in [-0.39, 0.29) is 6.03 Å². The first-order valence-corrected chi connectivity index (χ1v) is 9.86. The number of carbonyl (C=O) groups is 1. The van der Waals surface area contributed by atoms with Gasteiger partial charge in [-0.05, 0) is 45.4 Å². The van der Waals surface area contributed by atoms with E-state index in [1.54, 1.807) is 0 Å². The number of nitrogens with zero attached hydrogens (tertiary/aromatic N) is 4. The zero-order valence-electron chi connectivity index (χ0n) is 16.9. The lowest BCUT2D eigenvalue weighted by Gasteiger charge is -2.23. The minimum absolute atomic E-state index is 0.0336. The molecular weight excluding hydrogens is 338 g/mol. The number of para-hydroxylation sites is 1. The number of aryl methyl sites for hydroxylation is 2. The van der Waals surface area contributed by atoms with Gasteiger partial charge in [0.2, 0.25) is 0 Å². The van der Waals surface area contributed by atoms with E-state index in [4.69, 9.17) is 0 Å². The second-order valence-electron chi connectivity index (χ2n) is 7.56. The molecule has 2 amide bonds. The first-order valence-electron chi connectivity index (χ1n) is 9.86. The summed E-state index contributed by atoms with van der Waals surface area (Å²) in [6, 6.07) is 8.43. The number of hydrogen-bond acceptors (Lipinski definition) is 3. The van der Waals surface area contributed by atoms with Crippen LogP contribution < -0.4 is 5.32 Å². The summed E-state index contributed by atoms with van der Waals surface area (Å²) in [4.78, 5) is 21.7. The molecule has 0 atom stereocenters. The highest BCUT2D eigenvalue weighted by atomic mass is 16.2. The standard InChI is InChI=1S/C21H31N5O/c1-5-17-9-6-7-10-18(17)23-21(27)25-11-8-12-26-15-22-19(20(26)14-25)13-24(4)16(2)3/h6-7,9-10,15-16H,5,8,11-14H2,1-4H3,(H,23,27). The molecular formula is C21H31N5O. The molecule has 1 N–H and O–H groups in total. The van der Waals surface area contributed by atoms with Crippen LogP contribution in [-0.2, 0) is 26.1 Å². The molecule has 146 valence electrons. The van der Waals surface area contributed by atoms with E-state index in [0.29, 0.717) is 12.6 Å². The Morgan fingerprint density at radius 3 is 2.81 bits per heavy atom. The van der Waals surface area contributed by atoms with Gasteiger partial charge >= 0.3 is 6.03 Å². The number of carbonyl (C=O) groups excluding carboxylic acids is 1. The number of urea groups is 1. The van der Waals surface area contributed by atoms with Crippen LogP contribution in [0.15, 0.2) is 30.6 Å². The van der Waals surface area contributed by atoms with Gasteiger partial charge in [-0.1, -0.05) is 25.1 Å². The molecule has 1 aliphatic rings. The molecule has 0 radical (unpaired) electrons. The number of hydrogen-bond donors (Lipinski definition) is 1. The van der Waals surface area contributed by atoms with Crippen molar-refractivity contribution in [1.82, 2.24) is 19.4 Å². The van der Waals surface area contributed by atoms with Crippen LogP contribution in [0.1, 0.15) is 44.1 Å². The van der Waals surface area contributed by atoms with Gasteiger partial charge < -0.3 is 14.8 Å². The molecule has 0 aliphatic carbocycles. The molecule has 1 aromatic carbocycles. The molecule has 1 aromatic heterocycles. The maximum Gasteiger partial charge on any atom is 0.322 e. The Labute approximate surface area is 162 Å². The van der Waals surface area contributed by atoms with Crippen molar-refractivity contribution in [3.05, 3.63) is 47.5 Å². The van der Waals surface area contributed by atoms with Gasteiger partial charge in [-0.25, -0.2) is 9.78 Å². The summed E-state index contributed by atoms with van der Waals surface area (Å²) in [5.41, 5.74) is 4.28. The SMILES string of the molecule is CCc1ccccc1NC(=O)N1CCCn2cnc(CN(C)C(C)C)c2C1. The van der Waals surface area contributed by atoms with Gasteiger partial charge in [0.25, 0.3) is 0 Å². The number of fused-ring (bicyclic) bond motifs is 1. The zero-order valence-corrected chi connectivity index (χ0v) is 16.9. The normalized spacial score (nSPS) is 14.4. The molecule has 3 rings (SSSR count). The van der Waals surface area contributed by atoms with Crippen molar-refractivity contribution in [3.8, 4) is 0 Å². The average molecular weight is 370 g/mol. The highest BCUT2D eigenvalue weighted by Gasteiger charge is 2.23. The summed E-state index contributed by atoms with van der Waals surface area (Å²) < 4.78 is 2.21. The molecule has 27 heavy (non-hydrogen) atoms. The predicted molar refractivity (Wildman–Crippen MR) is 109 cm³/mol. The Morgan fingerprint density at radius 1 is 1.30 bits per heavy atom. The Bertz CT molecular complexity index is 783. The van der Waals surface area contributed by atoms with Gasteiger partial charge in [-0.3, -0.25) is 4.90 Å². The van der Waals surface area contributed by atoms with Gasteiger partial charge in [0.05, 0.1) is 24.3 Å². The number of aromatic nitrogens is 2. The maximum atomic E-state index is 12.9. The maximum absolute atomic E-state index is 12.9. The van der Waals surface area contributed by atoms with E-state index in [9.17, 15) is 4.79 Å². The number of nitrogens with one attached hydrogen (secondary N) is 1. The van der Waals surface area contributed by atoms with Crippen LogP contribution in [0.3, 0.4) is 0 Å². The largest absolute Gasteiger partial charge is 0.333 e. The molecule has 0 bridgehead atoms. The van der Waals surface area contributed by atoms with Crippen LogP contribution in [0.2, 0.25) is 0 Å². The van der Waals surface area contributed by atoms with Crippen LogP contribution >= 0.6 is 0 Å². The fraction of sp³-hybridized carbons (Fsp3) is 0.524. The molecule has 6 heteroatoms. The van der Waals surface area contributed by atoms with Crippen LogP contribution in [0.25, 0.3) is 0 Å². The number of imidazole rings is 1. The van der Waals surface area contributed by atoms with Gasteiger partial charge in [0.1, 0.15) is 0 Å². The predicted octanol–water partition coefficient (Wildman–Crippen LogP) is 3.72. The molecule has 0 saturated carbocycles. The lowest BCUT2D eigenvalue weighted by atomic mass is 10.1. The Kier molecular flexibility index (Phi) is 6.16. The smallest absolute Gasteiger partial charge is 0.322 e. The van der Waals surface area contributed by atoms with Gasteiger partial charge in [-0.15, -0.1) is 0 Å². The third-order valence-electron chi connectivity index (χ3n) is 5.41. The number of benzene rings is 1. The van der Waals surface area contributed by atoms with Gasteiger partial charge in [-0.2, -0.15) is 0 Å². The molecule has 2 heterocycles. The van der Waals surface area contributed by atoms with E-state index < -0.39 is 0 Å². The molecule has 2 aromatic rings. The highest BCUT2D eigenvalue weighted by Crippen LogP contribution is 2.20. The topological polar surface area (TPSA) is 53.4 Å². The Balaban J connectivity index is 1.75. The Hall–Kier alpha value is -2.34. The zero-order chi connectivity index (χ0) is 19.4. The first-order chi connectivity index (χ1) is 13.0. The number of rotatable bonds is 5. The third-order valence-corrected chi connectivity index (χ3v) is 5.41. The van der Waals surface area contributed by atoms with Crippen molar-refractivity contribution in [2.45, 2.75) is 59.3 Å². The van der Waals surface area contributed by atoms with Gasteiger partial charge in [0, 0.05) is 31.4 Å². The lowest BCUT2D eigenvalue weighted by molar-refractivity contribution is 0.209. The average Bonchev–Trinajstić information content (AvgIpc) is 2.89. The molecule has 1 aliphatic heterocycles. The summed E-state index contributed by atoms with van der Waals surface area (Å²) in [5.74, 6) is 0. The number of amides is 2. The third kappa shape index (κ3) is 4.50. The van der Waals surface area contributed by atoms with E-state index >= 15 is 0 Å². The fourth-order valence-electron chi connectivity index (χ4n) is 3.38. The lowest BCUT2D eigenvalue weighted by Crippen LogP contribution is -2.35. The second-order valence-corrected chi connectivity index (χ2v) is 7.56. The summed E-state index contributed by atoms with van der Waals surface area (Å²) in [6.07, 6.45) is 3.76. The summed E-state index contributed by atoms with van der Waals surface area (Å²) >= 11 is 0. The second kappa shape index (κ2) is 8.57. The quantitative estimate of drug-likeness (QED) is 0.874. The monoisotopic (exact) mass is 369 g/mol. The van der Waals surface area contributed by atoms with Crippen molar-refractivity contribution < 1.29 is 4.79 Å². The summed E-state index contributed by atoms with van der Waals surface area (Å²) in [5, 5.41) is 3.11. The van der Waals surface area contributed by atoms with E-state index in [2.05, 4.69) is 53.7 Å². The van der Waals surface area contributed by atoms with Crippen molar-refractivity contribution in [1.29, 1.82) is 0 Å². The van der Waals surface area contributed by atoms with Crippen LogP contribution in [0.4, 0.5) is 10.5 Å². The minimum atomic E-state index is -0.0336. The summed E-state index contributed by atoms with van der Waals surface area (Å²) in [6.45, 7) is 9.52. The minimum Gasteiger partial charge on any atom is -0.333 e. The van der Waals surface area contributed by atoms with Crippen molar-refractivity contribution in [3.63, 3.8) is 0 Å². The van der Waals surface area contributed by atoms with E-state index in [1.807, 2.05) is 29.4 Å². The van der Waals surface area contributed by atoms with Crippen molar-refractivity contribution in [2.75, 3.05) is 18.9 Å². The molecule has 0 spiro atoms. The highest BCUT2D eigenvalue weighted by molar-refractivity contribution is 5.90. The van der Waals surface area contributed by atoms with Crippen LogP contribution in [0.5, 0.6) is 0 Å². The summed E-state index contributed by atoms with van der Waals surface area (Å²) in [7, 11) is 2.11. The van der Waals surface area contributed by atoms with E-state index in [1.165, 1.54) is 0 Å². The fourth-order valence-corrected chi connectivity index (χ4v) is 3.38. The molecule has 0 unspecified atom stereocenters. The van der Waals surface area contributed by atoms with E-state index in [0.717, 1.165) is 55.1 Å². The molecule has 0 saturated heterocycles. The first kappa shape index (κ1) is 19.4. The molecule has 6 nitrogen and oxygen atoms in total. The Morgan fingerprint density at radius 2 is 2.07 bits per heavy atom. The van der Waals surface area contributed by atoms with Crippen LogP contribution in [0, 0.1) is 0 Å².